The maximum absolute atomic E-state index is 12.4. The highest BCUT2D eigenvalue weighted by Gasteiger charge is 2.39. The first-order valence-corrected chi connectivity index (χ1v) is 8.72. The molecule has 2 amide bonds. The molecule has 1 aromatic carbocycles. The third-order valence-electron chi connectivity index (χ3n) is 3.65. The lowest BCUT2D eigenvalue weighted by atomic mass is 10.1. The number of hydrogen-bond acceptors (Lipinski definition) is 4. The lowest BCUT2D eigenvalue weighted by molar-refractivity contribution is -0.136. The minimum Gasteiger partial charge on any atom is -0.345 e. The van der Waals surface area contributed by atoms with Crippen LogP contribution in [0.4, 0.5) is 0 Å². The Labute approximate surface area is 134 Å². The van der Waals surface area contributed by atoms with Crippen molar-refractivity contribution in [2.24, 2.45) is 0 Å². The van der Waals surface area contributed by atoms with Gasteiger partial charge in [0.15, 0.2) is 9.84 Å². The molecule has 2 rings (SSSR count). The van der Waals surface area contributed by atoms with Crippen molar-refractivity contribution < 1.29 is 18.0 Å². The van der Waals surface area contributed by atoms with Gasteiger partial charge in [0.25, 0.3) is 0 Å². The van der Waals surface area contributed by atoms with E-state index in [4.69, 9.17) is 11.6 Å². The van der Waals surface area contributed by atoms with E-state index in [1.54, 1.807) is 13.0 Å². The molecule has 1 N–H and O–H groups in total. The highest BCUT2D eigenvalue weighted by atomic mass is 35.5. The van der Waals surface area contributed by atoms with Crippen LogP contribution in [0.2, 0.25) is 5.02 Å². The van der Waals surface area contributed by atoms with Crippen LogP contribution in [0.3, 0.4) is 0 Å². The van der Waals surface area contributed by atoms with Gasteiger partial charge in [0.1, 0.15) is 6.04 Å². The number of rotatable bonds is 3. The van der Waals surface area contributed by atoms with Gasteiger partial charge < -0.3 is 10.2 Å². The summed E-state index contributed by atoms with van der Waals surface area (Å²) in [6.07, 6.45) is 0. The van der Waals surface area contributed by atoms with Gasteiger partial charge in [0, 0.05) is 19.0 Å². The Morgan fingerprint density at radius 1 is 1.41 bits per heavy atom. The summed E-state index contributed by atoms with van der Waals surface area (Å²) in [6.45, 7) is 2.88. The molecule has 22 heavy (non-hydrogen) atoms. The molecule has 0 spiro atoms. The van der Waals surface area contributed by atoms with Crippen molar-refractivity contribution in [2.45, 2.75) is 30.8 Å². The highest BCUT2D eigenvalue weighted by molar-refractivity contribution is 7.91. The molecular weight excluding hydrogens is 328 g/mol. The molecule has 8 heteroatoms. The Hall–Kier alpha value is -1.60. The van der Waals surface area contributed by atoms with E-state index in [2.05, 4.69) is 5.32 Å². The fraction of sp³-hybridized carbons (Fsp3) is 0.429. The first-order chi connectivity index (χ1) is 10.1. The zero-order valence-electron chi connectivity index (χ0n) is 12.5. The van der Waals surface area contributed by atoms with Crippen molar-refractivity contribution in [2.75, 3.05) is 12.8 Å². The minimum atomic E-state index is -3.44. The molecule has 6 nitrogen and oxygen atoms in total. The molecule has 1 aromatic rings. The first-order valence-electron chi connectivity index (χ1n) is 6.69. The number of carbonyl (C=O) groups is 2. The van der Waals surface area contributed by atoms with Crippen molar-refractivity contribution in [3.63, 3.8) is 0 Å². The average molecular weight is 345 g/mol. The van der Waals surface area contributed by atoms with Gasteiger partial charge in [0.2, 0.25) is 11.8 Å². The van der Waals surface area contributed by atoms with E-state index in [-0.39, 0.29) is 22.5 Å². The van der Waals surface area contributed by atoms with Crippen LogP contribution in [0.1, 0.15) is 25.5 Å². The number of nitrogens with one attached hydrogen (secondary N) is 1. The molecule has 0 aromatic heterocycles. The molecule has 0 bridgehead atoms. The van der Waals surface area contributed by atoms with Gasteiger partial charge in [-0.1, -0.05) is 11.6 Å². The van der Waals surface area contributed by atoms with E-state index in [1.165, 1.54) is 31.0 Å². The zero-order valence-corrected chi connectivity index (χ0v) is 14.0. The largest absolute Gasteiger partial charge is 0.345 e. The fourth-order valence-electron chi connectivity index (χ4n) is 2.60. The summed E-state index contributed by atoms with van der Waals surface area (Å²) in [6, 6.07) is 3.21. The zero-order chi connectivity index (χ0) is 16.7. The predicted molar refractivity (Wildman–Crippen MR) is 82.3 cm³/mol. The quantitative estimate of drug-likeness (QED) is 0.891. The van der Waals surface area contributed by atoms with Crippen molar-refractivity contribution >= 4 is 33.3 Å². The number of halogens is 1. The number of hydrogen-bond donors (Lipinski definition) is 1. The Balaban J connectivity index is 2.33. The smallest absolute Gasteiger partial charge is 0.245 e. The molecule has 0 saturated carbocycles. The van der Waals surface area contributed by atoms with Crippen LogP contribution in [-0.4, -0.2) is 44.0 Å². The lowest BCUT2D eigenvalue weighted by Crippen LogP contribution is -2.46. The second-order valence-electron chi connectivity index (χ2n) is 5.35. The summed E-state index contributed by atoms with van der Waals surface area (Å²) in [4.78, 5) is 25.0. The number of benzene rings is 1. The summed E-state index contributed by atoms with van der Waals surface area (Å²) < 4.78 is 24.4. The van der Waals surface area contributed by atoms with Crippen LogP contribution in [-0.2, 0) is 19.4 Å². The van der Waals surface area contributed by atoms with E-state index in [0.717, 1.165) is 0 Å². The minimum absolute atomic E-state index is 0.183. The van der Waals surface area contributed by atoms with E-state index in [9.17, 15) is 18.0 Å². The summed E-state index contributed by atoms with van der Waals surface area (Å²) in [7, 11) is -1.91. The monoisotopic (exact) mass is 344 g/mol. The van der Waals surface area contributed by atoms with Gasteiger partial charge in [-0.3, -0.25) is 9.59 Å². The molecule has 0 saturated heterocycles. The Morgan fingerprint density at radius 2 is 2.05 bits per heavy atom. The van der Waals surface area contributed by atoms with Gasteiger partial charge in [-0.2, -0.15) is 0 Å². The molecule has 0 radical (unpaired) electrons. The molecule has 0 unspecified atom stereocenters. The molecule has 1 aliphatic rings. The van der Waals surface area contributed by atoms with Crippen molar-refractivity contribution in [3.8, 4) is 0 Å². The second kappa shape index (κ2) is 5.89. The topological polar surface area (TPSA) is 83.6 Å². The molecule has 2 atom stereocenters. The maximum atomic E-state index is 12.4. The van der Waals surface area contributed by atoms with Gasteiger partial charge in [-0.25, -0.2) is 8.42 Å². The fourth-order valence-corrected chi connectivity index (χ4v) is 4.60. The van der Waals surface area contributed by atoms with Gasteiger partial charge in [-0.15, -0.1) is 0 Å². The Morgan fingerprint density at radius 3 is 2.64 bits per heavy atom. The highest BCUT2D eigenvalue weighted by Crippen LogP contribution is 2.38. The van der Waals surface area contributed by atoms with Crippen LogP contribution in [0.5, 0.6) is 0 Å². The van der Waals surface area contributed by atoms with Gasteiger partial charge in [-0.05, 0) is 30.7 Å². The predicted octanol–water partition coefficient (Wildman–Crippen LogP) is 1.15. The molecule has 120 valence electrons. The van der Waals surface area contributed by atoms with Crippen LogP contribution >= 0.6 is 11.6 Å². The first kappa shape index (κ1) is 16.8. The van der Waals surface area contributed by atoms with Crippen molar-refractivity contribution in [1.82, 2.24) is 10.2 Å². The number of likely N-dealkylation sites (N-methyl/N-ethyl adjacent to an activating group) is 1. The number of sulfone groups is 1. The van der Waals surface area contributed by atoms with E-state index in [0.29, 0.717) is 10.6 Å². The van der Waals surface area contributed by atoms with E-state index in [1.807, 2.05) is 0 Å². The number of fused-ring (bicyclic) bond motifs is 1. The number of carbonyl (C=O) groups excluding carboxylic acids is 2. The normalized spacial score (nSPS) is 20.1. The van der Waals surface area contributed by atoms with E-state index >= 15 is 0 Å². The SMILES string of the molecule is CC(=O)N[C@H](C)C(=O)N(C)[C@H]1CS(=O)(=O)c2ccc(Cl)cc21. The standard InChI is InChI=1S/C14H17ClN2O4S/c1-8(16-9(2)18)14(19)17(3)12-7-22(20,21)13-5-4-10(15)6-11(12)13/h4-6,8,12H,7H2,1-3H3,(H,16,18)/t8-,12+/m1/s1. The Kier molecular flexibility index (Phi) is 4.49. The third-order valence-corrected chi connectivity index (χ3v) is 5.68. The number of amides is 2. The van der Waals surface area contributed by atoms with Gasteiger partial charge in [0.05, 0.1) is 16.7 Å². The molecule has 0 fully saturated rings. The molecule has 1 aliphatic heterocycles. The summed E-state index contributed by atoms with van der Waals surface area (Å²) in [5.74, 6) is -0.863. The van der Waals surface area contributed by atoms with Crippen molar-refractivity contribution in [1.29, 1.82) is 0 Å². The molecule has 0 aliphatic carbocycles. The third kappa shape index (κ3) is 3.10. The van der Waals surface area contributed by atoms with Crippen molar-refractivity contribution in [3.05, 3.63) is 28.8 Å². The molecule has 1 heterocycles. The van der Waals surface area contributed by atoms with Crippen LogP contribution in [0.15, 0.2) is 23.1 Å². The second-order valence-corrected chi connectivity index (χ2v) is 7.79. The average Bonchev–Trinajstić information content (AvgIpc) is 2.67. The Bertz CT molecular complexity index is 732. The lowest BCUT2D eigenvalue weighted by Gasteiger charge is -2.27. The summed E-state index contributed by atoms with van der Waals surface area (Å²) in [5.41, 5.74) is 0.512. The summed E-state index contributed by atoms with van der Waals surface area (Å²) in [5, 5.41) is 2.91. The maximum Gasteiger partial charge on any atom is 0.245 e. The summed E-state index contributed by atoms with van der Waals surface area (Å²) >= 11 is 5.94. The van der Waals surface area contributed by atoms with Crippen LogP contribution in [0.25, 0.3) is 0 Å². The van der Waals surface area contributed by atoms with Crippen LogP contribution in [0, 0.1) is 0 Å². The van der Waals surface area contributed by atoms with E-state index < -0.39 is 21.9 Å². The number of nitrogens with zero attached hydrogens (tertiary/aromatic N) is 1. The molecular formula is C14H17ClN2O4S. The van der Waals surface area contributed by atoms with Crippen LogP contribution < -0.4 is 5.32 Å². The van der Waals surface area contributed by atoms with Gasteiger partial charge >= 0.3 is 0 Å².